The monoisotopic (exact) mass is 282 g/mol. The number of nitrogens with zero attached hydrogens (tertiary/aromatic N) is 1. The molecular formula is C18H22N2O. The Balaban J connectivity index is 1.60. The molecule has 1 atom stereocenters. The van der Waals surface area contributed by atoms with Crippen molar-refractivity contribution in [3.05, 3.63) is 59.7 Å². The molecule has 0 saturated carbocycles. The first kappa shape index (κ1) is 14.0. The fourth-order valence-electron chi connectivity index (χ4n) is 2.99. The molecule has 2 aromatic carbocycles. The standard InChI is InChI=1S/C18H22N2O/c1-14-11-16-6-2-3-8-18(16)20(14)9-10-21-17-7-4-5-15(12-17)13-19/h2-8,12,14H,9-11,13,19H2,1H3. The summed E-state index contributed by atoms with van der Waals surface area (Å²) in [5.41, 5.74) is 9.55. The summed E-state index contributed by atoms with van der Waals surface area (Å²) in [6, 6.07) is 17.2. The molecule has 0 fully saturated rings. The Labute approximate surface area is 126 Å². The Bertz CT molecular complexity index is 612. The van der Waals surface area contributed by atoms with Gasteiger partial charge in [-0.3, -0.25) is 0 Å². The average Bonchev–Trinajstić information content (AvgIpc) is 2.83. The summed E-state index contributed by atoms with van der Waals surface area (Å²) in [5, 5.41) is 0. The number of hydrogen-bond acceptors (Lipinski definition) is 3. The SMILES string of the molecule is CC1Cc2ccccc2N1CCOc1cccc(CN)c1. The number of rotatable bonds is 5. The molecule has 0 amide bonds. The molecule has 2 aromatic rings. The second kappa shape index (κ2) is 6.19. The third-order valence-electron chi connectivity index (χ3n) is 4.08. The molecule has 0 radical (unpaired) electrons. The van der Waals surface area contributed by atoms with Crippen molar-refractivity contribution >= 4 is 5.69 Å². The third-order valence-corrected chi connectivity index (χ3v) is 4.08. The Kier molecular flexibility index (Phi) is 4.11. The maximum Gasteiger partial charge on any atom is 0.119 e. The van der Waals surface area contributed by atoms with Gasteiger partial charge in [0.15, 0.2) is 0 Å². The van der Waals surface area contributed by atoms with E-state index in [1.165, 1.54) is 11.3 Å². The number of nitrogens with two attached hydrogens (primary N) is 1. The minimum atomic E-state index is 0.543. The van der Waals surface area contributed by atoms with Crippen LogP contribution in [0.3, 0.4) is 0 Å². The lowest BCUT2D eigenvalue weighted by Gasteiger charge is -2.24. The summed E-state index contributed by atoms with van der Waals surface area (Å²) >= 11 is 0. The number of ether oxygens (including phenoxy) is 1. The van der Waals surface area contributed by atoms with Gasteiger partial charge < -0.3 is 15.4 Å². The van der Waals surface area contributed by atoms with Gasteiger partial charge in [0, 0.05) is 18.3 Å². The van der Waals surface area contributed by atoms with Crippen LogP contribution < -0.4 is 15.4 Å². The Hall–Kier alpha value is -2.00. The van der Waals surface area contributed by atoms with Crippen LogP contribution in [0.5, 0.6) is 5.75 Å². The Morgan fingerprint density at radius 1 is 1.19 bits per heavy atom. The van der Waals surface area contributed by atoms with Gasteiger partial charge in [-0.2, -0.15) is 0 Å². The van der Waals surface area contributed by atoms with Crippen molar-refractivity contribution in [3.8, 4) is 5.75 Å². The molecule has 1 aliphatic rings. The number of para-hydroxylation sites is 1. The van der Waals surface area contributed by atoms with Gasteiger partial charge in [-0.15, -0.1) is 0 Å². The first-order valence-electron chi connectivity index (χ1n) is 7.54. The van der Waals surface area contributed by atoms with Crippen LogP contribution in [-0.4, -0.2) is 19.2 Å². The van der Waals surface area contributed by atoms with E-state index in [9.17, 15) is 0 Å². The van der Waals surface area contributed by atoms with Crippen molar-refractivity contribution < 1.29 is 4.74 Å². The van der Waals surface area contributed by atoms with E-state index in [0.29, 0.717) is 19.2 Å². The molecule has 3 heteroatoms. The zero-order valence-electron chi connectivity index (χ0n) is 12.5. The quantitative estimate of drug-likeness (QED) is 0.916. The molecule has 3 nitrogen and oxygen atoms in total. The molecule has 1 unspecified atom stereocenters. The zero-order valence-corrected chi connectivity index (χ0v) is 12.5. The molecule has 3 rings (SSSR count). The van der Waals surface area contributed by atoms with Gasteiger partial charge in [-0.25, -0.2) is 0 Å². The van der Waals surface area contributed by atoms with Gasteiger partial charge in [0.1, 0.15) is 12.4 Å². The highest BCUT2D eigenvalue weighted by atomic mass is 16.5. The van der Waals surface area contributed by atoms with Crippen molar-refractivity contribution in [1.29, 1.82) is 0 Å². The molecule has 21 heavy (non-hydrogen) atoms. The summed E-state index contributed by atoms with van der Waals surface area (Å²) < 4.78 is 5.88. The lowest BCUT2D eigenvalue weighted by molar-refractivity contribution is 0.321. The highest BCUT2D eigenvalue weighted by molar-refractivity contribution is 5.59. The van der Waals surface area contributed by atoms with E-state index < -0.39 is 0 Å². The van der Waals surface area contributed by atoms with Gasteiger partial charge in [0.25, 0.3) is 0 Å². The first-order valence-corrected chi connectivity index (χ1v) is 7.54. The van der Waals surface area contributed by atoms with Crippen LogP contribution in [0.25, 0.3) is 0 Å². The van der Waals surface area contributed by atoms with Crippen molar-refractivity contribution in [3.63, 3.8) is 0 Å². The number of anilines is 1. The first-order chi connectivity index (χ1) is 10.3. The van der Waals surface area contributed by atoms with Crippen LogP contribution in [0.1, 0.15) is 18.1 Å². The molecule has 110 valence electrons. The van der Waals surface area contributed by atoms with Gasteiger partial charge in [-0.1, -0.05) is 30.3 Å². The van der Waals surface area contributed by atoms with Crippen LogP contribution in [0, 0.1) is 0 Å². The Morgan fingerprint density at radius 2 is 2.05 bits per heavy atom. The number of hydrogen-bond donors (Lipinski definition) is 1. The van der Waals surface area contributed by atoms with E-state index in [0.717, 1.165) is 24.3 Å². The van der Waals surface area contributed by atoms with E-state index >= 15 is 0 Å². The molecule has 0 spiro atoms. The topological polar surface area (TPSA) is 38.5 Å². The van der Waals surface area contributed by atoms with Crippen LogP contribution in [0.15, 0.2) is 48.5 Å². The summed E-state index contributed by atoms with van der Waals surface area (Å²) in [5.74, 6) is 0.901. The second-order valence-corrected chi connectivity index (χ2v) is 5.58. The van der Waals surface area contributed by atoms with Crippen molar-refractivity contribution in [2.24, 2.45) is 5.73 Å². The smallest absolute Gasteiger partial charge is 0.119 e. The predicted molar refractivity (Wildman–Crippen MR) is 86.8 cm³/mol. The fourth-order valence-corrected chi connectivity index (χ4v) is 2.99. The average molecular weight is 282 g/mol. The van der Waals surface area contributed by atoms with Crippen molar-refractivity contribution in [2.45, 2.75) is 25.9 Å². The van der Waals surface area contributed by atoms with Crippen molar-refractivity contribution in [2.75, 3.05) is 18.1 Å². The van der Waals surface area contributed by atoms with Crippen LogP contribution in [0.2, 0.25) is 0 Å². The predicted octanol–water partition coefficient (Wildman–Crippen LogP) is 2.98. The zero-order chi connectivity index (χ0) is 14.7. The number of fused-ring (bicyclic) bond motifs is 1. The highest BCUT2D eigenvalue weighted by Crippen LogP contribution is 2.31. The minimum absolute atomic E-state index is 0.543. The molecule has 1 heterocycles. The van der Waals surface area contributed by atoms with E-state index in [4.69, 9.17) is 10.5 Å². The van der Waals surface area contributed by atoms with Crippen molar-refractivity contribution in [1.82, 2.24) is 0 Å². The van der Waals surface area contributed by atoms with E-state index in [1.807, 2.05) is 24.3 Å². The van der Waals surface area contributed by atoms with E-state index in [2.05, 4.69) is 36.1 Å². The minimum Gasteiger partial charge on any atom is -0.492 e. The maximum absolute atomic E-state index is 5.88. The van der Waals surface area contributed by atoms with Gasteiger partial charge in [-0.05, 0) is 42.7 Å². The van der Waals surface area contributed by atoms with Gasteiger partial charge >= 0.3 is 0 Å². The molecule has 2 N–H and O–H groups in total. The maximum atomic E-state index is 5.88. The third kappa shape index (κ3) is 3.03. The molecule has 0 aromatic heterocycles. The number of benzene rings is 2. The van der Waals surface area contributed by atoms with E-state index in [-0.39, 0.29) is 0 Å². The molecule has 0 saturated heterocycles. The van der Waals surface area contributed by atoms with Crippen LogP contribution >= 0.6 is 0 Å². The fraction of sp³-hybridized carbons (Fsp3) is 0.333. The summed E-state index contributed by atoms with van der Waals surface area (Å²) in [4.78, 5) is 2.43. The normalized spacial score (nSPS) is 16.9. The summed E-state index contributed by atoms with van der Waals surface area (Å²) in [7, 11) is 0. The molecule has 0 aliphatic carbocycles. The van der Waals surface area contributed by atoms with Crippen LogP contribution in [0.4, 0.5) is 5.69 Å². The molecular weight excluding hydrogens is 260 g/mol. The van der Waals surface area contributed by atoms with E-state index in [1.54, 1.807) is 0 Å². The highest BCUT2D eigenvalue weighted by Gasteiger charge is 2.24. The lowest BCUT2D eigenvalue weighted by atomic mass is 10.1. The molecule has 1 aliphatic heterocycles. The van der Waals surface area contributed by atoms with Crippen LogP contribution in [-0.2, 0) is 13.0 Å². The Morgan fingerprint density at radius 3 is 2.90 bits per heavy atom. The largest absolute Gasteiger partial charge is 0.492 e. The lowest BCUT2D eigenvalue weighted by Crippen LogP contribution is -2.33. The molecule has 0 bridgehead atoms. The van der Waals surface area contributed by atoms with Gasteiger partial charge in [0.2, 0.25) is 0 Å². The second-order valence-electron chi connectivity index (χ2n) is 5.58. The summed E-state index contributed by atoms with van der Waals surface area (Å²) in [6.07, 6.45) is 1.12. The summed E-state index contributed by atoms with van der Waals surface area (Å²) in [6.45, 7) is 4.42. The van der Waals surface area contributed by atoms with Gasteiger partial charge in [0.05, 0.1) is 6.54 Å².